The van der Waals surface area contributed by atoms with Crippen LogP contribution in [0.3, 0.4) is 0 Å². The molecule has 0 fully saturated rings. The van der Waals surface area contributed by atoms with Crippen LogP contribution in [0.5, 0.6) is 17.2 Å². The summed E-state index contributed by atoms with van der Waals surface area (Å²) in [6.45, 7) is 4.66. The number of hydrogen-bond donors (Lipinski definition) is 1. The highest BCUT2D eigenvalue weighted by molar-refractivity contribution is 5.98. The second-order valence-corrected chi connectivity index (χ2v) is 5.11. The molecule has 0 radical (unpaired) electrons. The Labute approximate surface area is 152 Å². The molecule has 7 heteroatoms. The van der Waals surface area contributed by atoms with Crippen LogP contribution in [-0.2, 0) is 4.84 Å². The van der Waals surface area contributed by atoms with E-state index in [1.54, 1.807) is 49.6 Å². The van der Waals surface area contributed by atoms with Gasteiger partial charge in [-0.15, -0.1) is 0 Å². The number of ether oxygens (including phenoxy) is 3. The lowest BCUT2D eigenvalue weighted by molar-refractivity contribution is 0.0515. The van der Waals surface area contributed by atoms with E-state index in [0.29, 0.717) is 36.0 Å². The van der Waals surface area contributed by atoms with Crippen LogP contribution in [0.2, 0.25) is 0 Å². The summed E-state index contributed by atoms with van der Waals surface area (Å²) >= 11 is 0. The SMILES string of the molecule is CCOc1ccc(C(=O)ON=C(N)c2ccc(OC)cc2)cc1OCC. The molecule has 2 N–H and O–H groups in total. The molecule has 0 bridgehead atoms. The van der Waals surface area contributed by atoms with Gasteiger partial charge >= 0.3 is 5.97 Å². The Bertz CT molecular complexity index is 772. The first-order chi connectivity index (χ1) is 12.6. The lowest BCUT2D eigenvalue weighted by atomic mass is 10.2. The molecule has 7 nitrogen and oxygen atoms in total. The zero-order valence-electron chi connectivity index (χ0n) is 15.0. The minimum Gasteiger partial charge on any atom is -0.497 e. The highest BCUT2D eigenvalue weighted by atomic mass is 16.7. The fraction of sp³-hybridized carbons (Fsp3) is 0.263. The predicted octanol–water partition coefficient (Wildman–Crippen LogP) is 2.97. The van der Waals surface area contributed by atoms with E-state index in [4.69, 9.17) is 24.8 Å². The quantitative estimate of drug-likeness (QED) is 0.337. The van der Waals surface area contributed by atoms with Gasteiger partial charge in [0.15, 0.2) is 17.3 Å². The molecule has 0 amide bonds. The zero-order valence-corrected chi connectivity index (χ0v) is 15.0. The minimum atomic E-state index is -0.648. The van der Waals surface area contributed by atoms with E-state index in [1.807, 2.05) is 13.8 Å². The first-order valence-corrected chi connectivity index (χ1v) is 8.17. The molecule has 0 saturated heterocycles. The average Bonchev–Trinajstić information content (AvgIpc) is 2.67. The van der Waals surface area contributed by atoms with Gasteiger partial charge in [0.1, 0.15) is 5.75 Å². The number of oxime groups is 1. The topological polar surface area (TPSA) is 92.4 Å². The van der Waals surface area contributed by atoms with E-state index < -0.39 is 5.97 Å². The van der Waals surface area contributed by atoms with Crippen molar-refractivity contribution in [2.75, 3.05) is 20.3 Å². The highest BCUT2D eigenvalue weighted by Gasteiger charge is 2.13. The van der Waals surface area contributed by atoms with Gasteiger partial charge in [0.05, 0.1) is 25.9 Å². The van der Waals surface area contributed by atoms with Crippen molar-refractivity contribution in [3.63, 3.8) is 0 Å². The van der Waals surface area contributed by atoms with E-state index in [-0.39, 0.29) is 11.4 Å². The second-order valence-electron chi connectivity index (χ2n) is 5.11. The Kier molecular flexibility index (Phi) is 6.84. The van der Waals surface area contributed by atoms with Crippen LogP contribution in [0.15, 0.2) is 47.6 Å². The fourth-order valence-electron chi connectivity index (χ4n) is 2.14. The Morgan fingerprint density at radius 2 is 1.58 bits per heavy atom. The van der Waals surface area contributed by atoms with Gasteiger partial charge in [-0.2, -0.15) is 0 Å². The van der Waals surface area contributed by atoms with Crippen molar-refractivity contribution in [2.45, 2.75) is 13.8 Å². The lowest BCUT2D eigenvalue weighted by Crippen LogP contribution is -2.15. The molecule has 0 heterocycles. The third-order valence-electron chi connectivity index (χ3n) is 3.39. The Hall–Kier alpha value is -3.22. The number of rotatable bonds is 8. The number of nitrogens with zero attached hydrogens (tertiary/aromatic N) is 1. The van der Waals surface area contributed by atoms with E-state index in [0.717, 1.165) is 0 Å². The summed E-state index contributed by atoms with van der Waals surface area (Å²) in [6, 6.07) is 11.7. The van der Waals surface area contributed by atoms with Crippen LogP contribution in [0, 0.1) is 0 Å². The standard InChI is InChI=1S/C19H22N2O5/c1-4-24-16-11-8-14(12-17(16)25-5-2)19(22)26-21-18(20)13-6-9-15(23-3)10-7-13/h6-12H,4-5H2,1-3H3,(H2,20,21). The van der Waals surface area contributed by atoms with Gasteiger partial charge < -0.3 is 24.8 Å². The summed E-state index contributed by atoms with van der Waals surface area (Å²) in [5.74, 6) is 1.15. The second kappa shape index (κ2) is 9.31. The van der Waals surface area contributed by atoms with Crippen LogP contribution < -0.4 is 19.9 Å². The van der Waals surface area contributed by atoms with E-state index in [1.165, 1.54) is 0 Å². The maximum atomic E-state index is 12.2. The number of nitrogens with two attached hydrogens (primary N) is 1. The molecule has 2 aromatic rings. The van der Waals surface area contributed by atoms with Crippen molar-refractivity contribution in [1.82, 2.24) is 0 Å². The number of benzene rings is 2. The molecule has 0 aliphatic heterocycles. The number of carbonyl (C=O) groups excluding carboxylic acids is 1. The summed E-state index contributed by atoms with van der Waals surface area (Å²) in [5.41, 5.74) is 6.73. The molecule has 0 spiro atoms. The molecule has 2 rings (SSSR count). The first kappa shape index (κ1) is 19.1. The van der Waals surface area contributed by atoms with Gasteiger partial charge in [-0.1, -0.05) is 5.16 Å². The lowest BCUT2D eigenvalue weighted by Gasteiger charge is -2.11. The van der Waals surface area contributed by atoms with Crippen LogP contribution in [-0.4, -0.2) is 32.1 Å². The molecule has 0 saturated carbocycles. The fourth-order valence-corrected chi connectivity index (χ4v) is 2.14. The molecule has 138 valence electrons. The van der Waals surface area contributed by atoms with Crippen molar-refractivity contribution in [1.29, 1.82) is 0 Å². The third kappa shape index (κ3) is 4.89. The van der Waals surface area contributed by atoms with Crippen molar-refractivity contribution < 1.29 is 23.8 Å². The van der Waals surface area contributed by atoms with Crippen LogP contribution in [0.1, 0.15) is 29.8 Å². The van der Waals surface area contributed by atoms with Crippen molar-refractivity contribution in [3.05, 3.63) is 53.6 Å². The monoisotopic (exact) mass is 358 g/mol. The van der Waals surface area contributed by atoms with E-state index in [2.05, 4.69) is 5.16 Å². The van der Waals surface area contributed by atoms with Crippen molar-refractivity contribution >= 4 is 11.8 Å². The van der Waals surface area contributed by atoms with Gasteiger partial charge in [0.25, 0.3) is 0 Å². The number of methoxy groups -OCH3 is 1. The molecule has 0 atom stereocenters. The predicted molar refractivity (Wildman–Crippen MR) is 97.9 cm³/mol. The Morgan fingerprint density at radius 3 is 2.19 bits per heavy atom. The van der Waals surface area contributed by atoms with E-state index >= 15 is 0 Å². The average molecular weight is 358 g/mol. The number of amidine groups is 1. The normalized spacial score (nSPS) is 11.0. The van der Waals surface area contributed by atoms with Gasteiger partial charge in [-0.3, -0.25) is 0 Å². The molecule has 0 aliphatic rings. The maximum Gasteiger partial charge on any atom is 0.365 e. The van der Waals surface area contributed by atoms with Crippen molar-refractivity contribution in [2.24, 2.45) is 10.9 Å². The Morgan fingerprint density at radius 1 is 0.962 bits per heavy atom. The van der Waals surface area contributed by atoms with Crippen LogP contribution in [0.4, 0.5) is 0 Å². The van der Waals surface area contributed by atoms with Gasteiger partial charge in [-0.05, 0) is 56.3 Å². The summed E-state index contributed by atoms with van der Waals surface area (Å²) in [7, 11) is 1.57. The van der Waals surface area contributed by atoms with Crippen LogP contribution >= 0.6 is 0 Å². The maximum absolute atomic E-state index is 12.2. The summed E-state index contributed by atoms with van der Waals surface area (Å²) in [5, 5.41) is 3.69. The molecule has 0 aromatic heterocycles. The third-order valence-corrected chi connectivity index (χ3v) is 3.39. The summed E-state index contributed by atoms with van der Waals surface area (Å²) < 4.78 is 16.0. The molecule has 0 unspecified atom stereocenters. The largest absolute Gasteiger partial charge is 0.497 e. The van der Waals surface area contributed by atoms with Crippen LogP contribution in [0.25, 0.3) is 0 Å². The molecule has 26 heavy (non-hydrogen) atoms. The van der Waals surface area contributed by atoms with E-state index in [9.17, 15) is 4.79 Å². The highest BCUT2D eigenvalue weighted by Crippen LogP contribution is 2.28. The molecule has 0 aliphatic carbocycles. The van der Waals surface area contributed by atoms with Gasteiger partial charge in [-0.25, -0.2) is 4.79 Å². The Balaban J connectivity index is 2.11. The van der Waals surface area contributed by atoms with Crippen molar-refractivity contribution in [3.8, 4) is 17.2 Å². The minimum absolute atomic E-state index is 0.0805. The first-order valence-electron chi connectivity index (χ1n) is 8.17. The van der Waals surface area contributed by atoms with Gasteiger partial charge in [0.2, 0.25) is 0 Å². The number of carbonyl (C=O) groups is 1. The summed E-state index contributed by atoms with van der Waals surface area (Å²) in [4.78, 5) is 17.1. The van der Waals surface area contributed by atoms with Gasteiger partial charge in [0, 0.05) is 5.56 Å². The summed E-state index contributed by atoms with van der Waals surface area (Å²) in [6.07, 6.45) is 0. The molecular weight excluding hydrogens is 336 g/mol. The number of hydrogen-bond acceptors (Lipinski definition) is 6. The molecule has 2 aromatic carbocycles. The zero-order chi connectivity index (χ0) is 18.9. The molecular formula is C19H22N2O5. The smallest absolute Gasteiger partial charge is 0.365 e.